The summed E-state index contributed by atoms with van der Waals surface area (Å²) in [5.74, 6) is -2.20. The molecule has 0 spiro atoms. The summed E-state index contributed by atoms with van der Waals surface area (Å²) in [5, 5.41) is 17.6. The van der Waals surface area contributed by atoms with E-state index in [9.17, 15) is 14.4 Å². The van der Waals surface area contributed by atoms with E-state index < -0.39 is 17.8 Å². The number of carbonyl (C=O) groups is 3. The third kappa shape index (κ3) is 3.42. The molecule has 0 bridgehead atoms. The van der Waals surface area contributed by atoms with Gasteiger partial charge in [0, 0.05) is 0 Å². The van der Waals surface area contributed by atoms with Crippen LogP contribution in [0.5, 0.6) is 0 Å². The number of thiophene rings is 1. The Morgan fingerprint density at radius 1 is 1.38 bits per heavy atom. The molecule has 9 nitrogen and oxygen atoms in total. The van der Waals surface area contributed by atoms with Crippen molar-refractivity contribution in [3.8, 4) is 0 Å². The van der Waals surface area contributed by atoms with Gasteiger partial charge in [-0.2, -0.15) is 0 Å². The van der Waals surface area contributed by atoms with Gasteiger partial charge in [0.1, 0.15) is 6.54 Å². The van der Waals surface area contributed by atoms with Crippen LogP contribution in [-0.2, 0) is 11.3 Å². The van der Waals surface area contributed by atoms with Gasteiger partial charge in [-0.15, -0.1) is 16.4 Å². The molecule has 0 aliphatic heterocycles. The Labute approximate surface area is 122 Å². The fourth-order valence-electron chi connectivity index (χ4n) is 1.48. The minimum Gasteiger partial charge on any atom is -0.476 e. The Morgan fingerprint density at radius 3 is 2.71 bits per heavy atom. The fourth-order valence-corrected chi connectivity index (χ4v) is 2.10. The van der Waals surface area contributed by atoms with Crippen LogP contribution in [0.2, 0.25) is 0 Å². The molecule has 110 valence electrons. The van der Waals surface area contributed by atoms with Crippen LogP contribution in [0.15, 0.2) is 17.5 Å². The van der Waals surface area contributed by atoms with Crippen molar-refractivity contribution in [1.29, 1.82) is 0 Å². The van der Waals surface area contributed by atoms with E-state index in [-0.39, 0.29) is 17.9 Å². The molecule has 2 rings (SSSR count). The average Bonchev–Trinajstić information content (AvgIpc) is 3.07. The van der Waals surface area contributed by atoms with Crippen molar-refractivity contribution in [3.63, 3.8) is 0 Å². The molecule has 3 N–H and O–H groups in total. The summed E-state index contributed by atoms with van der Waals surface area (Å²) in [6.07, 6.45) is 0. The molecular formula is C11H11N5O4S. The van der Waals surface area contributed by atoms with E-state index in [0.717, 1.165) is 4.68 Å². The van der Waals surface area contributed by atoms with Gasteiger partial charge in [-0.3, -0.25) is 20.4 Å². The number of nitrogens with zero attached hydrogens (tertiary/aromatic N) is 3. The van der Waals surface area contributed by atoms with E-state index in [1.165, 1.54) is 18.3 Å². The number of aromatic carboxylic acids is 1. The molecule has 0 radical (unpaired) electrons. The Morgan fingerprint density at radius 2 is 2.14 bits per heavy atom. The number of nitrogens with one attached hydrogen (secondary N) is 2. The number of aromatic nitrogens is 3. The zero-order chi connectivity index (χ0) is 15.4. The van der Waals surface area contributed by atoms with Crippen molar-refractivity contribution >= 4 is 29.1 Å². The number of hydrogen-bond donors (Lipinski definition) is 3. The first-order valence-electron chi connectivity index (χ1n) is 5.75. The lowest BCUT2D eigenvalue weighted by Crippen LogP contribution is -2.43. The maximum absolute atomic E-state index is 11.7. The van der Waals surface area contributed by atoms with Gasteiger partial charge in [0.15, 0.2) is 5.69 Å². The minimum absolute atomic E-state index is 0.217. The van der Waals surface area contributed by atoms with Crippen molar-refractivity contribution in [2.75, 3.05) is 0 Å². The van der Waals surface area contributed by atoms with Crippen molar-refractivity contribution in [1.82, 2.24) is 25.8 Å². The molecule has 0 unspecified atom stereocenters. The Bertz CT molecular complexity index is 679. The molecule has 0 fully saturated rings. The monoisotopic (exact) mass is 309 g/mol. The second-order valence-electron chi connectivity index (χ2n) is 3.97. The fraction of sp³-hybridized carbons (Fsp3) is 0.182. The largest absolute Gasteiger partial charge is 0.476 e. The molecule has 0 atom stereocenters. The molecule has 10 heteroatoms. The summed E-state index contributed by atoms with van der Waals surface area (Å²) >= 11 is 1.24. The van der Waals surface area contributed by atoms with Gasteiger partial charge in [0.05, 0.1) is 10.6 Å². The highest BCUT2D eigenvalue weighted by molar-refractivity contribution is 7.12. The number of carboxylic acid groups (broad SMARTS) is 1. The third-order valence-electron chi connectivity index (χ3n) is 2.54. The summed E-state index contributed by atoms with van der Waals surface area (Å²) in [6, 6.07) is 3.33. The Hall–Kier alpha value is -2.75. The van der Waals surface area contributed by atoms with E-state index >= 15 is 0 Å². The van der Waals surface area contributed by atoms with Crippen LogP contribution in [0.4, 0.5) is 0 Å². The first-order valence-corrected chi connectivity index (χ1v) is 6.63. The second-order valence-corrected chi connectivity index (χ2v) is 4.91. The highest BCUT2D eigenvalue weighted by atomic mass is 32.1. The number of rotatable bonds is 4. The molecule has 2 aromatic heterocycles. The smallest absolute Gasteiger partial charge is 0.358 e. The maximum Gasteiger partial charge on any atom is 0.358 e. The summed E-state index contributed by atoms with van der Waals surface area (Å²) in [7, 11) is 0. The quantitative estimate of drug-likeness (QED) is 0.672. The van der Waals surface area contributed by atoms with E-state index in [0.29, 0.717) is 4.88 Å². The molecule has 0 aromatic carbocycles. The molecule has 0 aliphatic carbocycles. The SMILES string of the molecule is Cc1c(C(=O)O)nnn1CC(=O)NNC(=O)c1cccs1. The van der Waals surface area contributed by atoms with Gasteiger partial charge in [-0.05, 0) is 18.4 Å². The number of hydrogen-bond acceptors (Lipinski definition) is 6. The van der Waals surface area contributed by atoms with Gasteiger partial charge in [-0.1, -0.05) is 11.3 Å². The van der Waals surface area contributed by atoms with Crippen molar-refractivity contribution < 1.29 is 19.5 Å². The summed E-state index contributed by atoms with van der Waals surface area (Å²) in [6.45, 7) is 1.23. The Kier molecular flexibility index (Phi) is 4.28. The van der Waals surface area contributed by atoms with Gasteiger partial charge in [-0.25, -0.2) is 9.48 Å². The van der Waals surface area contributed by atoms with Gasteiger partial charge in [0.2, 0.25) is 0 Å². The topological polar surface area (TPSA) is 126 Å². The van der Waals surface area contributed by atoms with Crippen molar-refractivity contribution in [2.45, 2.75) is 13.5 Å². The normalized spacial score (nSPS) is 10.1. The van der Waals surface area contributed by atoms with E-state index in [2.05, 4.69) is 21.2 Å². The van der Waals surface area contributed by atoms with Gasteiger partial charge < -0.3 is 5.11 Å². The maximum atomic E-state index is 11.7. The molecule has 0 saturated heterocycles. The first kappa shape index (κ1) is 14.7. The van der Waals surface area contributed by atoms with Crippen LogP contribution < -0.4 is 10.9 Å². The molecule has 2 amide bonds. The zero-order valence-corrected chi connectivity index (χ0v) is 11.7. The minimum atomic E-state index is -1.22. The van der Waals surface area contributed by atoms with Crippen LogP contribution >= 0.6 is 11.3 Å². The Balaban J connectivity index is 1.90. The molecule has 0 saturated carbocycles. The number of amides is 2. The molecule has 2 aromatic rings. The number of carboxylic acids is 1. The first-order chi connectivity index (χ1) is 9.99. The van der Waals surface area contributed by atoms with E-state index in [1.807, 2.05) is 0 Å². The highest BCUT2D eigenvalue weighted by Gasteiger charge is 2.17. The molecular weight excluding hydrogens is 298 g/mol. The third-order valence-corrected chi connectivity index (χ3v) is 3.41. The summed E-state index contributed by atoms with van der Waals surface area (Å²) in [5.41, 5.74) is 4.50. The van der Waals surface area contributed by atoms with Gasteiger partial charge in [0.25, 0.3) is 11.8 Å². The predicted molar refractivity (Wildman–Crippen MR) is 71.6 cm³/mol. The predicted octanol–water partition coefficient (Wildman–Crippen LogP) is -0.193. The average molecular weight is 309 g/mol. The highest BCUT2D eigenvalue weighted by Crippen LogP contribution is 2.07. The van der Waals surface area contributed by atoms with Gasteiger partial charge >= 0.3 is 5.97 Å². The summed E-state index contributed by atoms with van der Waals surface area (Å²) in [4.78, 5) is 34.5. The standard InChI is InChI=1S/C11H11N5O4S/c1-6-9(11(19)20)13-15-16(6)5-8(17)12-14-10(18)7-3-2-4-21-7/h2-4H,5H2,1H3,(H,12,17)(H,14,18)(H,19,20). The summed E-state index contributed by atoms with van der Waals surface area (Å²) < 4.78 is 1.14. The molecule has 21 heavy (non-hydrogen) atoms. The lowest BCUT2D eigenvalue weighted by atomic mass is 10.3. The number of hydrazine groups is 1. The van der Waals surface area contributed by atoms with Crippen LogP contribution in [0.3, 0.4) is 0 Å². The zero-order valence-electron chi connectivity index (χ0n) is 10.9. The lowest BCUT2D eigenvalue weighted by Gasteiger charge is -2.06. The van der Waals surface area contributed by atoms with E-state index in [1.54, 1.807) is 17.5 Å². The second kappa shape index (κ2) is 6.13. The van der Waals surface area contributed by atoms with E-state index in [4.69, 9.17) is 5.11 Å². The molecule has 0 aliphatic rings. The van der Waals surface area contributed by atoms with Crippen LogP contribution in [0, 0.1) is 6.92 Å². The number of carbonyl (C=O) groups excluding carboxylic acids is 2. The van der Waals surface area contributed by atoms with Crippen LogP contribution in [0.25, 0.3) is 0 Å². The van der Waals surface area contributed by atoms with Crippen molar-refractivity contribution in [3.05, 3.63) is 33.8 Å². The van der Waals surface area contributed by atoms with Crippen LogP contribution in [0.1, 0.15) is 25.9 Å². The van der Waals surface area contributed by atoms with Crippen LogP contribution in [-0.4, -0.2) is 37.9 Å². The molecule has 2 heterocycles. The lowest BCUT2D eigenvalue weighted by molar-refractivity contribution is -0.122. The van der Waals surface area contributed by atoms with Crippen molar-refractivity contribution in [2.24, 2.45) is 0 Å².